The molecule has 1 aliphatic heterocycles. The molecule has 0 unspecified atom stereocenters. The number of sulfonamides is 1. The molecule has 0 N–H and O–H groups in total. The minimum atomic E-state index is -3.55. The van der Waals surface area contributed by atoms with E-state index in [0.717, 1.165) is 38.7 Å². The fraction of sp³-hybridized carbons (Fsp3) is 0.571. The zero-order valence-corrected chi connectivity index (χ0v) is 13.0. The molecule has 0 radical (unpaired) electrons. The number of benzene rings is 1. The van der Waals surface area contributed by atoms with Gasteiger partial charge in [-0.2, -0.15) is 0 Å². The Morgan fingerprint density at radius 1 is 0.895 bits per heavy atom. The molecule has 106 valence electrons. The minimum absolute atomic E-state index is 0.412. The topological polar surface area (TPSA) is 46.6 Å². The van der Waals surface area contributed by atoms with Crippen LogP contribution in [-0.2, 0) is 14.9 Å². The Hall–Kier alpha value is -0.910. The van der Waals surface area contributed by atoms with Gasteiger partial charge in [-0.3, -0.25) is 4.84 Å². The molecule has 0 atom stereocenters. The smallest absolute Gasteiger partial charge is 0.265 e. The van der Waals surface area contributed by atoms with Gasteiger partial charge in [-0.25, -0.2) is 8.42 Å². The second-order valence-corrected chi connectivity index (χ2v) is 6.94. The van der Waals surface area contributed by atoms with Crippen LogP contribution in [0.1, 0.15) is 34.2 Å². The van der Waals surface area contributed by atoms with Crippen molar-refractivity contribution in [2.75, 3.05) is 13.2 Å². The van der Waals surface area contributed by atoms with E-state index in [4.69, 9.17) is 4.84 Å². The van der Waals surface area contributed by atoms with E-state index in [1.807, 2.05) is 34.6 Å². The molecule has 1 fully saturated rings. The summed E-state index contributed by atoms with van der Waals surface area (Å²) in [6.45, 7) is 10.6. The molecule has 0 bridgehead atoms. The quantitative estimate of drug-likeness (QED) is 0.838. The summed E-state index contributed by atoms with van der Waals surface area (Å²) in [5.41, 5.74) is 4.91. The molecule has 1 heterocycles. The predicted octanol–water partition coefficient (Wildman–Crippen LogP) is 2.55. The second-order valence-electron chi connectivity index (χ2n) is 5.17. The van der Waals surface area contributed by atoms with Gasteiger partial charge in [0.15, 0.2) is 0 Å². The van der Waals surface area contributed by atoms with E-state index in [0.29, 0.717) is 18.0 Å². The molecule has 0 aliphatic carbocycles. The molecule has 0 spiro atoms. The highest BCUT2D eigenvalue weighted by Crippen LogP contribution is 2.32. The zero-order valence-electron chi connectivity index (χ0n) is 12.2. The molecule has 0 aromatic heterocycles. The van der Waals surface area contributed by atoms with E-state index in [1.165, 1.54) is 0 Å². The Morgan fingerprint density at radius 2 is 1.37 bits per heavy atom. The Bertz CT molecular complexity index is 585. The fourth-order valence-corrected chi connectivity index (χ4v) is 4.43. The van der Waals surface area contributed by atoms with Gasteiger partial charge in [-0.1, -0.05) is 4.47 Å². The van der Waals surface area contributed by atoms with E-state index < -0.39 is 10.0 Å². The summed E-state index contributed by atoms with van der Waals surface area (Å²) in [6, 6.07) is 0. The molecule has 1 aromatic rings. The number of rotatable bonds is 2. The Kier molecular flexibility index (Phi) is 3.73. The lowest BCUT2D eigenvalue weighted by Gasteiger charge is -2.22. The van der Waals surface area contributed by atoms with Crippen molar-refractivity contribution in [3.05, 3.63) is 27.8 Å². The average Bonchev–Trinajstić information content (AvgIpc) is 2.88. The van der Waals surface area contributed by atoms with Crippen molar-refractivity contribution >= 4 is 10.0 Å². The highest BCUT2D eigenvalue weighted by molar-refractivity contribution is 7.89. The maximum atomic E-state index is 12.7. The summed E-state index contributed by atoms with van der Waals surface area (Å²) in [4.78, 5) is 5.65. The van der Waals surface area contributed by atoms with Crippen LogP contribution in [0.3, 0.4) is 0 Å². The molecule has 19 heavy (non-hydrogen) atoms. The van der Waals surface area contributed by atoms with Gasteiger partial charge < -0.3 is 0 Å². The van der Waals surface area contributed by atoms with E-state index in [2.05, 4.69) is 0 Å². The molecular formula is C14H21NO3S. The molecule has 1 aromatic carbocycles. The van der Waals surface area contributed by atoms with Crippen molar-refractivity contribution in [2.24, 2.45) is 0 Å². The summed E-state index contributed by atoms with van der Waals surface area (Å²) >= 11 is 0. The number of hydrogen-bond donors (Lipinski definition) is 0. The van der Waals surface area contributed by atoms with Crippen LogP contribution in [0.5, 0.6) is 0 Å². The van der Waals surface area contributed by atoms with Crippen molar-refractivity contribution in [1.29, 1.82) is 0 Å². The van der Waals surface area contributed by atoms with Gasteiger partial charge in [0.2, 0.25) is 0 Å². The lowest BCUT2D eigenvalue weighted by atomic mass is 9.95. The van der Waals surface area contributed by atoms with Gasteiger partial charge in [-0.15, -0.1) is 0 Å². The first-order chi connectivity index (χ1) is 8.78. The van der Waals surface area contributed by atoms with E-state index in [-0.39, 0.29) is 0 Å². The van der Waals surface area contributed by atoms with Crippen LogP contribution in [0.4, 0.5) is 0 Å². The molecular weight excluding hydrogens is 262 g/mol. The molecule has 0 amide bonds. The van der Waals surface area contributed by atoms with Gasteiger partial charge in [0.25, 0.3) is 10.0 Å². The second kappa shape index (κ2) is 4.89. The Labute approximate surface area is 115 Å². The average molecular weight is 283 g/mol. The summed E-state index contributed by atoms with van der Waals surface area (Å²) < 4.78 is 26.5. The van der Waals surface area contributed by atoms with E-state index in [1.54, 1.807) is 0 Å². The first-order valence-corrected chi connectivity index (χ1v) is 7.95. The normalized spacial score (nSPS) is 17.1. The molecule has 2 rings (SSSR count). The molecule has 1 saturated heterocycles. The first-order valence-electron chi connectivity index (χ1n) is 6.51. The number of hydroxylamine groups is 1. The summed E-state index contributed by atoms with van der Waals surface area (Å²) in [5, 5.41) is 0. The first kappa shape index (κ1) is 14.5. The number of hydrogen-bond acceptors (Lipinski definition) is 3. The third-order valence-electron chi connectivity index (χ3n) is 4.18. The third kappa shape index (κ3) is 2.20. The maximum absolute atomic E-state index is 12.7. The minimum Gasteiger partial charge on any atom is -0.284 e. The monoisotopic (exact) mass is 283 g/mol. The van der Waals surface area contributed by atoms with Crippen LogP contribution in [0, 0.1) is 34.6 Å². The van der Waals surface area contributed by atoms with Crippen LogP contribution in [0.2, 0.25) is 0 Å². The van der Waals surface area contributed by atoms with Gasteiger partial charge in [0.05, 0.1) is 11.5 Å². The highest BCUT2D eigenvalue weighted by Gasteiger charge is 2.32. The van der Waals surface area contributed by atoms with Crippen molar-refractivity contribution in [3.63, 3.8) is 0 Å². The van der Waals surface area contributed by atoms with Gasteiger partial charge in [0.1, 0.15) is 0 Å². The van der Waals surface area contributed by atoms with Gasteiger partial charge >= 0.3 is 0 Å². The van der Waals surface area contributed by atoms with Crippen LogP contribution >= 0.6 is 0 Å². The van der Waals surface area contributed by atoms with E-state index >= 15 is 0 Å². The SMILES string of the molecule is Cc1c(C)c(C)c(S(=O)(=O)N2CCCO2)c(C)c1C. The molecule has 5 heteroatoms. The summed E-state index contributed by atoms with van der Waals surface area (Å²) in [7, 11) is -3.55. The van der Waals surface area contributed by atoms with Crippen LogP contribution < -0.4 is 0 Å². The van der Waals surface area contributed by atoms with Crippen LogP contribution in [0.15, 0.2) is 4.90 Å². The zero-order chi connectivity index (χ0) is 14.4. The van der Waals surface area contributed by atoms with Crippen molar-refractivity contribution in [3.8, 4) is 0 Å². The Morgan fingerprint density at radius 3 is 1.79 bits per heavy atom. The van der Waals surface area contributed by atoms with Crippen LogP contribution in [0.25, 0.3) is 0 Å². The van der Waals surface area contributed by atoms with Crippen molar-refractivity contribution in [1.82, 2.24) is 4.47 Å². The summed E-state index contributed by atoms with van der Waals surface area (Å²) in [5.74, 6) is 0. The highest BCUT2D eigenvalue weighted by atomic mass is 32.2. The maximum Gasteiger partial charge on any atom is 0.265 e. The summed E-state index contributed by atoms with van der Waals surface area (Å²) in [6.07, 6.45) is 0.751. The molecule has 1 aliphatic rings. The fourth-order valence-electron chi connectivity index (χ4n) is 2.57. The van der Waals surface area contributed by atoms with Crippen molar-refractivity contribution in [2.45, 2.75) is 45.9 Å². The van der Waals surface area contributed by atoms with Gasteiger partial charge in [0, 0.05) is 6.54 Å². The third-order valence-corrected chi connectivity index (χ3v) is 6.13. The molecule has 4 nitrogen and oxygen atoms in total. The molecule has 0 saturated carbocycles. The standard InChI is InChI=1S/C14H21NO3S/c1-9-10(2)12(4)14(13(5)11(9)3)19(16,17)15-7-6-8-18-15/h6-8H2,1-5H3. The number of nitrogens with zero attached hydrogens (tertiary/aromatic N) is 1. The van der Waals surface area contributed by atoms with E-state index in [9.17, 15) is 8.42 Å². The van der Waals surface area contributed by atoms with Gasteiger partial charge in [-0.05, 0) is 68.9 Å². The lowest BCUT2D eigenvalue weighted by Crippen LogP contribution is -2.28. The lowest BCUT2D eigenvalue weighted by molar-refractivity contribution is -0.0285. The predicted molar refractivity (Wildman–Crippen MR) is 74.6 cm³/mol. The Balaban J connectivity index is 2.69. The van der Waals surface area contributed by atoms with Crippen LogP contribution in [-0.4, -0.2) is 26.0 Å². The largest absolute Gasteiger partial charge is 0.284 e. The van der Waals surface area contributed by atoms with Crippen molar-refractivity contribution < 1.29 is 13.3 Å².